The summed E-state index contributed by atoms with van der Waals surface area (Å²) < 4.78 is 32.0. The molecule has 0 aliphatic heterocycles. The summed E-state index contributed by atoms with van der Waals surface area (Å²) in [5, 5.41) is 3.21. The van der Waals surface area contributed by atoms with Crippen LogP contribution in [0, 0.1) is 11.6 Å². The van der Waals surface area contributed by atoms with E-state index in [-0.39, 0.29) is 11.6 Å². The van der Waals surface area contributed by atoms with Crippen LogP contribution in [0.5, 0.6) is 0 Å². The summed E-state index contributed by atoms with van der Waals surface area (Å²) in [7, 11) is 1.58. The summed E-state index contributed by atoms with van der Waals surface area (Å²) in [4.78, 5) is 0. The van der Waals surface area contributed by atoms with E-state index in [0.29, 0.717) is 13.0 Å². The summed E-state index contributed by atoms with van der Waals surface area (Å²) in [6, 6.07) is 3.87. The first-order valence-corrected chi connectivity index (χ1v) is 5.84. The number of benzene rings is 1. The van der Waals surface area contributed by atoms with Crippen LogP contribution in [-0.4, -0.2) is 26.3 Å². The quantitative estimate of drug-likeness (QED) is 0.794. The average Bonchev–Trinajstić information content (AvgIpc) is 2.31. The van der Waals surface area contributed by atoms with Gasteiger partial charge in [-0.2, -0.15) is 0 Å². The van der Waals surface area contributed by atoms with Crippen LogP contribution in [0.25, 0.3) is 0 Å². The van der Waals surface area contributed by atoms with E-state index in [9.17, 15) is 8.78 Å². The van der Waals surface area contributed by atoms with Crippen molar-refractivity contribution in [3.05, 3.63) is 35.4 Å². The Balaban J connectivity index is 2.70. The molecule has 1 aromatic rings. The Hall–Kier alpha value is -1.00. The van der Waals surface area contributed by atoms with Gasteiger partial charge >= 0.3 is 0 Å². The molecule has 17 heavy (non-hydrogen) atoms. The van der Waals surface area contributed by atoms with Crippen molar-refractivity contribution in [3.63, 3.8) is 0 Å². The standard InChI is InChI=1S/C13H19F2NO/c1-3-7-16-10(9-17-2)8-11-12(14)5-4-6-13(11)15/h4-6,10,16H,3,7-9H2,1-2H3. The molecule has 0 saturated heterocycles. The molecule has 96 valence electrons. The molecule has 0 radical (unpaired) electrons. The lowest BCUT2D eigenvalue weighted by molar-refractivity contribution is 0.165. The molecule has 0 spiro atoms. The van der Waals surface area contributed by atoms with Crippen LogP contribution in [-0.2, 0) is 11.2 Å². The van der Waals surface area contributed by atoms with Crippen LogP contribution in [0.15, 0.2) is 18.2 Å². The predicted octanol–water partition coefficient (Wildman–Crippen LogP) is 2.52. The minimum Gasteiger partial charge on any atom is -0.383 e. The predicted molar refractivity (Wildman–Crippen MR) is 64.0 cm³/mol. The second kappa shape index (κ2) is 7.35. The smallest absolute Gasteiger partial charge is 0.129 e. The number of halogens is 2. The van der Waals surface area contributed by atoms with Gasteiger partial charge in [0.2, 0.25) is 0 Å². The van der Waals surface area contributed by atoms with Crippen LogP contribution in [0.4, 0.5) is 8.78 Å². The van der Waals surface area contributed by atoms with Gasteiger partial charge in [0.25, 0.3) is 0 Å². The fourth-order valence-corrected chi connectivity index (χ4v) is 1.71. The molecule has 1 rings (SSSR count). The van der Waals surface area contributed by atoms with Gasteiger partial charge in [-0.15, -0.1) is 0 Å². The Bertz CT molecular complexity index is 324. The maximum atomic E-state index is 13.5. The molecule has 1 N–H and O–H groups in total. The second-order valence-electron chi connectivity index (χ2n) is 4.01. The van der Waals surface area contributed by atoms with E-state index in [2.05, 4.69) is 5.32 Å². The third kappa shape index (κ3) is 4.40. The van der Waals surface area contributed by atoms with Gasteiger partial charge in [-0.3, -0.25) is 0 Å². The Morgan fingerprint density at radius 2 is 1.94 bits per heavy atom. The van der Waals surface area contributed by atoms with E-state index < -0.39 is 11.6 Å². The zero-order valence-corrected chi connectivity index (χ0v) is 10.3. The molecule has 0 fully saturated rings. The topological polar surface area (TPSA) is 21.3 Å². The van der Waals surface area contributed by atoms with E-state index in [1.807, 2.05) is 6.92 Å². The lowest BCUT2D eigenvalue weighted by Crippen LogP contribution is -2.36. The number of rotatable bonds is 7. The molecular formula is C13H19F2NO. The number of methoxy groups -OCH3 is 1. The summed E-state index contributed by atoms with van der Waals surface area (Å²) in [6.07, 6.45) is 1.27. The first kappa shape index (κ1) is 14.1. The molecule has 1 atom stereocenters. The highest BCUT2D eigenvalue weighted by molar-refractivity contribution is 5.20. The number of nitrogens with one attached hydrogen (secondary N) is 1. The zero-order chi connectivity index (χ0) is 12.7. The summed E-state index contributed by atoms with van der Waals surface area (Å²) >= 11 is 0. The first-order valence-electron chi connectivity index (χ1n) is 5.84. The molecule has 0 aromatic heterocycles. The Morgan fingerprint density at radius 1 is 1.29 bits per heavy atom. The van der Waals surface area contributed by atoms with Crippen molar-refractivity contribution in [3.8, 4) is 0 Å². The SMILES string of the molecule is CCCNC(COC)Cc1c(F)cccc1F. The fraction of sp³-hybridized carbons (Fsp3) is 0.538. The van der Waals surface area contributed by atoms with Crippen molar-refractivity contribution >= 4 is 0 Å². The molecule has 0 bridgehead atoms. The van der Waals surface area contributed by atoms with E-state index in [1.54, 1.807) is 7.11 Å². The van der Waals surface area contributed by atoms with Crippen molar-refractivity contribution in [2.24, 2.45) is 0 Å². The minimum atomic E-state index is -0.496. The normalized spacial score (nSPS) is 12.7. The van der Waals surface area contributed by atoms with Crippen LogP contribution in [0.2, 0.25) is 0 Å². The van der Waals surface area contributed by atoms with Gasteiger partial charge in [0, 0.05) is 18.7 Å². The molecule has 1 unspecified atom stereocenters. The largest absolute Gasteiger partial charge is 0.383 e. The van der Waals surface area contributed by atoms with Gasteiger partial charge in [-0.25, -0.2) is 8.78 Å². The zero-order valence-electron chi connectivity index (χ0n) is 10.3. The maximum Gasteiger partial charge on any atom is 0.129 e. The van der Waals surface area contributed by atoms with Crippen LogP contribution in [0.3, 0.4) is 0 Å². The molecule has 0 aliphatic carbocycles. The molecule has 0 aliphatic rings. The van der Waals surface area contributed by atoms with Gasteiger partial charge in [-0.05, 0) is 31.5 Å². The Morgan fingerprint density at radius 3 is 2.47 bits per heavy atom. The summed E-state index contributed by atoms with van der Waals surface area (Å²) in [6.45, 7) is 3.29. The van der Waals surface area contributed by atoms with Gasteiger partial charge in [0.15, 0.2) is 0 Å². The third-order valence-corrected chi connectivity index (χ3v) is 2.56. The number of hydrogen-bond acceptors (Lipinski definition) is 2. The van der Waals surface area contributed by atoms with Crippen molar-refractivity contribution in [2.45, 2.75) is 25.8 Å². The van der Waals surface area contributed by atoms with Crippen LogP contribution in [0.1, 0.15) is 18.9 Å². The molecule has 2 nitrogen and oxygen atoms in total. The third-order valence-electron chi connectivity index (χ3n) is 2.56. The highest BCUT2D eigenvalue weighted by Crippen LogP contribution is 2.14. The first-order chi connectivity index (χ1) is 8.19. The molecule has 0 heterocycles. The van der Waals surface area contributed by atoms with Crippen molar-refractivity contribution < 1.29 is 13.5 Å². The van der Waals surface area contributed by atoms with E-state index in [1.165, 1.54) is 18.2 Å². The number of ether oxygens (including phenoxy) is 1. The monoisotopic (exact) mass is 243 g/mol. The second-order valence-corrected chi connectivity index (χ2v) is 4.01. The summed E-state index contributed by atoms with van der Waals surface area (Å²) in [5.41, 5.74) is 0.123. The highest BCUT2D eigenvalue weighted by Gasteiger charge is 2.15. The van der Waals surface area contributed by atoms with E-state index in [0.717, 1.165) is 13.0 Å². The molecular weight excluding hydrogens is 224 g/mol. The fourth-order valence-electron chi connectivity index (χ4n) is 1.71. The molecule has 0 amide bonds. The van der Waals surface area contributed by atoms with E-state index in [4.69, 9.17) is 4.74 Å². The number of hydrogen-bond donors (Lipinski definition) is 1. The van der Waals surface area contributed by atoms with E-state index >= 15 is 0 Å². The van der Waals surface area contributed by atoms with Gasteiger partial charge in [0.1, 0.15) is 11.6 Å². The summed E-state index contributed by atoms with van der Waals surface area (Å²) in [5.74, 6) is -0.992. The van der Waals surface area contributed by atoms with Gasteiger partial charge in [-0.1, -0.05) is 13.0 Å². The maximum absolute atomic E-state index is 13.5. The van der Waals surface area contributed by atoms with Crippen molar-refractivity contribution in [1.82, 2.24) is 5.32 Å². The van der Waals surface area contributed by atoms with Crippen LogP contribution >= 0.6 is 0 Å². The van der Waals surface area contributed by atoms with Crippen molar-refractivity contribution in [2.75, 3.05) is 20.3 Å². The minimum absolute atomic E-state index is 0.0636. The lowest BCUT2D eigenvalue weighted by atomic mass is 10.0. The molecule has 1 aromatic carbocycles. The van der Waals surface area contributed by atoms with Crippen LogP contribution < -0.4 is 5.32 Å². The highest BCUT2D eigenvalue weighted by atomic mass is 19.1. The average molecular weight is 243 g/mol. The Kier molecular flexibility index (Phi) is 6.08. The van der Waals surface area contributed by atoms with Gasteiger partial charge < -0.3 is 10.1 Å². The Labute approximate surface area is 101 Å². The molecule has 0 saturated carbocycles. The van der Waals surface area contributed by atoms with Gasteiger partial charge in [0.05, 0.1) is 6.61 Å². The molecule has 4 heteroatoms. The van der Waals surface area contributed by atoms with Crippen molar-refractivity contribution in [1.29, 1.82) is 0 Å². The lowest BCUT2D eigenvalue weighted by Gasteiger charge is -2.18.